The van der Waals surface area contributed by atoms with Gasteiger partial charge >= 0.3 is 0 Å². The van der Waals surface area contributed by atoms with Crippen LogP contribution in [0.2, 0.25) is 0 Å². The highest BCUT2D eigenvalue weighted by molar-refractivity contribution is 5.92. The second kappa shape index (κ2) is 7.04. The quantitative estimate of drug-likeness (QED) is 0.919. The van der Waals surface area contributed by atoms with Gasteiger partial charge in [0.2, 0.25) is 0 Å². The minimum Gasteiger partial charge on any atom is -0.369 e. The van der Waals surface area contributed by atoms with Gasteiger partial charge in [-0.15, -0.1) is 0 Å². The Morgan fingerprint density at radius 3 is 2.84 bits per heavy atom. The van der Waals surface area contributed by atoms with E-state index in [1.165, 1.54) is 31.3 Å². The summed E-state index contributed by atoms with van der Waals surface area (Å²) in [5.41, 5.74) is 1.83. The number of amides is 1. The highest BCUT2D eigenvalue weighted by atomic mass is 19.1. The SMILES string of the molecule is Cc1cc(F)ccc1N1CCC[C@H](NC(=O)c2ccc(=O)n(C)n2)C1. The van der Waals surface area contributed by atoms with E-state index < -0.39 is 0 Å². The molecule has 0 bridgehead atoms. The normalized spacial score (nSPS) is 17.4. The van der Waals surface area contributed by atoms with E-state index in [0.717, 1.165) is 35.3 Å². The number of aromatic nitrogens is 2. The fourth-order valence-corrected chi connectivity index (χ4v) is 3.17. The zero-order valence-electron chi connectivity index (χ0n) is 14.3. The zero-order chi connectivity index (χ0) is 18.0. The van der Waals surface area contributed by atoms with Crippen molar-refractivity contribution in [2.24, 2.45) is 7.05 Å². The first-order chi connectivity index (χ1) is 11.9. The third-order valence-corrected chi connectivity index (χ3v) is 4.45. The molecule has 0 aliphatic carbocycles. The number of hydrogen-bond acceptors (Lipinski definition) is 4. The second-order valence-electron chi connectivity index (χ2n) is 6.37. The minimum atomic E-state index is -0.293. The van der Waals surface area contributed by atoms with Crippen LogP contribution in [0.15, 0.2) is 35.1 Å². The summed E-state index contributed by atoms with van der Waals surface area (Å²) in [5.74, 6) is -0.540. The summed E-state index contributed by atoms with van der Waals surface area (Å²) in [7, 11) is 1.51. The van der Waals surface area contributed by atoms with Crippen molar-refractivity contribution in [1.82, 2.24) is 15.1 Å². The van der Waals surface area contributed by atoms with Crippen LogP contribution in [0.25, 0.3) is 0 Å². The number of carbonyl (C=O) groups excluding carboxylic acids is 1. The highest BCUT2D eigenvalue weighted by Crippen LogP contribution is 2.24. The van der Waals surface area contributed by atoms with Crippen molar-refractivity contribution < 1.29 is 9.18 Å². The van der Waals surface area contributed by atoms with Crippen LogP contribution in [-0.2, 0) is 7.05 Å². The first-order valence-electron chi connectivity index (χ1n) is 8.30. The summed E-state index contributed by atoms with van der Waals surface area (Å²) < 4.78 is 14.4. The fraction of sp³-hybridized carbons (Fsp3) is 0.389. The maximum Gasteiger partial charge on any atom is 0.272 e. The average molecular weight is 344 g/mol. The van der Waals surface area contributed by atoms with Crippen LogP contribution < -0.4 is 15.8 Å². The Morgan fingerprint density at radius 2 is 2.12 bits per heavy atom. The molecule has 1 fully saturated rings. The molecule has 132 valence electrons. The van der Waals surface area contributed by atoms with Gasteiger partial charge in [-0.3, -0.25) is 9.59 Å². The summed E-state index contributed by atoms with van der Waals surface area (Å²) >= 11 is 0. The smallest absolute Gasteiger partial charge is 0.272 e. The van der Waals surface area contributed by atoms with Gasteiger partial charge in [0.1, 0.15) is 11.5 Å². The predicted octanol–water partition coefficient (Wildman–Crippen LogP) is 1.63. The largest absolute Gasteiger partial charge is 0.369 e. The van der Waals surface area contributed by atoms with Gasteiger partial charge in [0.05, 0.1) is 0 Å². The molecule has 0 spiro atoms. The third-order valence-electron chi connectivity index (χ3n) is 4.45. The van der Waals surface area contributed by atoms with Crippen molar-refractivity contribution in [3.63, 3.8) is 0 Å². The number of aryl methyl sites for hydroxylation is 2. The Labute approximate surface area is 145 Å². The molecule has 0 saturated carbocycles. The van der Waals surface area contributed by atoms with E-state index in [4.69, 9.17) is 0 Å². The lowest BCUT2D eigenvalue weighted by molar-refractivity contribution is 0.0925. The minimum absolute atomic E-state index is 0.0234. The number of benzene rings is 1. The lowest BCUT2D eigenvalue weighted by atomic mass is 10.0. The van der Waals surface area contributed by atoms with Crippen LogP contribution in [-0.4, -0.2) is 34.8 Å². The molecule has 1 N–H and O–H groups in total. The monoisotopic (exact) mass is 344 g/mol. The van der Waals surface area contributed by atoms with Gasteiger partial charge in [-0.25, -0.2) is 9.07 Å². The average Bonchev–Trinajstić information content (AvgIpc) is 2.57. The molecule has 2 heterocycles. The number of piperidine rings is 1. The standard InChI is InChI=1S/C18H21FN4O2/c1-12-10-13(19)5-7-16(12)23-9-3-4-14(11-23)20-18(25)15-6-8-17(24)22(2)21-15/h5-8,10,14H,3-4,9,11H2,1-2H3,(H,20,25)/t14-/m0/s1. The third kappa shape index (κ3) is 3.87. The highest BCUT2D eigenvalue weighted by Gasteiger charge is 2.23. The van der Waals surface area contributed by atoms with Crippen LogP contribution in [0, 0.1) is 12.7 Å². The number of halogens is 1. The van der Waals surface area contributed by atoms with Crippen LogP contribution in [0.5, 0.6) is 0 Å². The molecule has 1 saturated heterocycles. The van der Waals surface area contributed by atoms with E-state index in [1.54, 1.807) is 6.07 Å². The molecule has 3 rings (SSSR count). The molecule has 1 amide bonds. The Hall–Kier alpha value is -2.70. The van der Waals surface area contributed by atoms with Crippen LogP contribution in [0.4, 0.5) is 10.1 Å². The van der Waals surface area contributed by atoms with Crippen molar-refractivity contribution in [3.8, 4) is 0 Å². The maximum atomic E-state index is 13.3. The summed E-state index contributed by atoms with van der Waals surface area (Å²) in [6.45, 7) is 3.41. The fourth-order valence-electron chi connectivity index (χ4n) is 3.17. The van der Waals surface area contributed by atoms with Gasteiger partial charge in [0.15, 0.2) is 0 Å². The number of nitrogens with one attached hydrogen (secondary N) is 1. The van der Waals surface area contributed by atoms with Gasteiger partial charge in [-0.1, -0.05) is 0 Å². The molecule has 1 aliphatic heterocycles. The molecular weight excluding hydrogens is 323 g/mol. The van der Waals surface area contributed by atoms with Crippen molar-refractivity contribution >= 4 is 11.6 Å². The zero-order valence-corrected chi connectivity index (χ0v) is 14.3. The van der Waals surface area contributed by atoms with Crippen molar-refractivity contribution in [2.75, 3.05) is 18.0 Å². The van der Waals surface area contributed by atoms with Crippen LogP contribution in [0.3, 0.4) is 0 Å². The van der Waals surface area contributed by atoms with E-state index in [2.05, 4.69) is 15.3 Å². The van der Waals surface area contributed by atoms with Crippen molar-refractivity contribution in [2.45, 2.75) is 25.8 Å². The summed E-state index contributed by atoms with van der Waals surface area (Å²) in [5, 5.41) is 6.96. The topological polar surface area (TPSA) is 67.2 Å². The molecule has 0 radical (unpaired) electrons. The second-order valence-corrected chi connectivity index (χ2v) is 6.37. The van der Waals surface area contributed by atoms with E-state index >= 15 is 0 Å². The predicted molar refractivity (Wildman–Crippen MR) is 93.3 cm³/mol. The first-order valence-corrected chi connectivity index (χ1v) is 8.30. The molecular formula is C18H21FN4O2. The molecule has 7 heteroatoms. The van der Waals surface area contributed by atoms with E-state index in [-0.39, 0.29) is 29.0 Å². The Morgan fingerprint density at radius 1 is 1.32 bits per heavy atom. The lowest BCUT2D eigenvalue weighted by Crippen LogP contribution is -2.48. The Kier molecular flexibility index (Phi) is 4.83. The Bertz CT molecular complexity index is 849. The molecule has 6 nitrogen and oxygen atoms in total. The number of rotatable bonds is 3. The molecule has 1 aromatic heterocycles. The van der Waals surface area contributed by atoms with Crippen molar-refractivity contribution in [1.29, 1.82) is 0 Å². The van der Waals surface area contributed by atoms with Gasteiger partial charge in [-0.05, 0) is 49.6 Å². The molecule has 1 aromatic carbocycles. The van der Waals surface area contributed by atoms with Crippen LogP contribution >= 0.6 is 0 Å². The Balaban J connectivity index is 1.70. The molecule has 1 atom stereocenters. The number of hydrogen-bond donors (Lipinski definition) is 1. The van der Waals surface area contributed by atoms with Gasteiger partial charge in [0, 0.05) is 37.9 Å². The van der Waals surface area contributed by atoms with Gasteiger partial charge in [-0.2, -0.15) is 5.10 Å². The molecule has 2 aromatic rings. The van der Waals surface area contributed by atoms with Crippen LogP contribution in [0.1, 0.15) is 28.9 Å². The number of nitrogens with zero attached hydrogens (tertiary/aromatic N) is 3. The van der Waals surface area contributed by atoms with E-state index in [0.29, 0.717) is 6.54 Å². The number of anilines is 1. The summed E-state index contributed by atoms with van der Waals surface area (Å²) in [6, 6.07) is 7.50. The number of carbonyl (C=O) groups is 1. The van der Waals surface area contributed by atoms with Gasteiger partial charge in [0.25, 0.3) is 11.5 Å². The molecule has 1 aliphatic rings. The maximum absolute atomic E-state index is 13.3. The van der Waals surface area contributed by atoms with E-state index in [9.17, 15) is 14.0 Å². The van der Waals surface area contributed by atoms with Gasteiger partial charge < -0.3 is 10.2 Å². The first kappa shape index (κ1) is 17.1. The van der Waals surface area contributed by atoms with Crippen molar-refractivity contribution in [3.05, 3.63) is 57.8 Å². The lowest BCUT2D eigenvalue weighted by Gasteiger charge is -2.35. The summed E-state index contributed by atoms with van der Waals surface area (Å²) in [6.07, 6.45) is 1.80. The summed E-state index contributed by atoms with van der Waals surface area (Å²) in [4.78, 5) is 25.9. The van der Waals surface area contributed by atoms with E-state index in [1.807, 2.05) is 6.92 Å². The molecule has 25 heavy (non-hydrogen) atoms. The molecule has 0 unspecified atom stereocenters.